The highest BCUT2D eigenvalue weighted by molar-refractivity contribution is 5.80. The van der Waals surface area contributed by atoms with E-state index in [9.17, 15) is 4.39 Å². The van der Waals surface area contributed by atoms with Crippen LogP contribution in [0.15, 0.2) is 67.3 Å². The fourth-order valence-electron chi connectivity index (χ4n) is 4.30. The van der Waals surface area contributed by atoms with Gasteiger partial charge in [0.25, 0.3) is 0 Å². The summed E-state index contributed by atoms with van der Waals surface area (Å²) >= 11 is 0. The molecular formula is C24H20FN9. The first-order chi connectivity index (χ1) is 16.7. The third-order valence-corrected chi connectivity index (χ3v) is 5.92. The molecule has 168 valence electrons. The van der Waals surface area contributed by atoms with Crippen molar-refractivity contribution in [3.8, 4) is 11.3 Å². The summed E-state index contributed by atoms with van der Waals surface area (Å²) in [5, 5.41) is 10.5. The lowest BCUT2D eigenvalue weighted by Gasteiger charge is -2.25. The topological polar surface area (TPSA) is 108 Å². The van der Waals surface area contributed by atoms with E-state index in [0.717, 1.165) is 47.2 Å². The summed E-state index contributed by atoms with van der Waals surface area (Å²) < 4.78 is 13.4. The highest BCUT2D eigenvalue weighted by Crippen LogP contribution is 2.34. The molecular weight excluding hydrogens is 433 g/mol. The van der Waals surface area contributed by atoms with E-state index in [2.05, 4.69) is 45.3 Å². The molecule has 10 heteroatoms. The molecule has 4 heterocycles. The molecule has 1 aliphatic rings. The van der Waals surface area contributed by atoms with Crippen molar-refractivity contribution in [1.29, 1.82) is 0 Å². The van der Waals surface area contributed by atoms with Gasteiger partial charge in [0.1, 0.15) is 12.1 Å². The van der Waals surface area contributed by atoms with E-state index in [1.165, 1.54) is 18.5 Å². The lowest BCUT2D eigenvalue weighted by molar-refractivity contribution is 0.624. The molecule has 1 fully saturated rings. The summed E-state index contributed by atoms with van der Waals surface area (Å²) in [5.74, 6) is 1.32. The van der Waals surface area contributed by atoms with Gasteiger partial charge in [0.2, 0.25) is 11.9 Å². The van der Waals surface area contributed by atoms with Crippen molar-refractivity contribution in [2.75, 3.05) is 16.8 Å². The molecule has 0 aliphatic carbocycles. The van der Waals surface area contributed by atoms with E-state index in [-0.39, 0.29) is 11.9 Å². The van der Waals surface area contributed by atoms with Crippen molar-refractivity contribution in [3.05, 3.63) is 78.6 Å². The zero-order valence-electron chi connectivity index (χ0n) is 18.1. The zero-order chi connectivity index (χ0) is 22.9. The van der Waals surface area contributed by atoms with E-state index in [1.54, 1.807) is 12.4 Å². The van der Waals surface area contributed by atoms with Crippen LogP contribution in [0.25, 0.3) is 22.3 Å². The number of fused-ring (bicyclic) bond motifs is 1. The Morgan fingerprint density at radius 3 is 2.68 bits per heavy atom. The summed E-state index contributed by atoms with van der Waals surface area (Å²) in [7, 11) is 0. The van der Waals surface area contributed by atoms with Crippen LogP contribution in [-0.2, 0) is 0 Å². The summed E-state index contributed by atoms with van der Waals surface area (Å²) in [5.41, 5.74) is 4.48. The van der Waals surface area contributed by atoms with Crippen LogP contribution >= 0.6 is 0 Å². The number of aromatic amines is 1. The second-order valence-electron chi connectivity index (χ2n) is 8.06. The predicted octanol–water partition coefficient (Wildman–Crippen LogP) is 4.43. The number of anilines is 3. The Bertz CT molecular complexity index is 1450. The number of hydrogen-bond donors (Lipinski definition) is 2. The average Bonchev–Trinajstić information content (AvgIpc) is 3.55. The van der Waals surface area contributed by atoms with Gasteiger partial charge in [-0.25, -0.2) is 14.4 Å². The molecule has 2 N–H and O–H groups in total. The monoisotopic (exact) mass is 453 g/mol. The first kappa shape index (κ1) is 20.2. The Kier molecular flexibility index (Phi) is 5.02. The van der Waals surface area contributed by atoms with Gasteiger partial charge in [-0.1, -0.05) is 18.2 Å². The maximum absolute atomic E-state index is 13.4. The molecule has 0 spiro atoms. The number of nitrogens with zero attached hydrogens (tertiary/aromatic N) is 7. The molecule has 1 atom stereocenters. The first-order valence-corrected chi connectivity index (χ1v) is 11.0. The Balaban J connectivity index is 1.22. The molecule has 6 rings (SSSR count). The molecule has 1 unspecified atom stereocenters. The SMILES string of the molecule is Fc1ccc(C2CCCN2c2ncnc(Nc3cc(-c4ccc5nccnc5c4)[nH]n3)n2)cc1. The number of aromatic nitrogens is 7. The van der Waals surface area contributed by atoms with Crippen molar-refractivity contribution in [3.63, 3.8) is 0 Å². The lowest BCUT2D eigenvalue weighted by Crippen LogP contribution is -2.25. The minimum Gasteiger partial charge on any atom is -0.334 e. The number of halogens is 1. The first-order valence-electron chi connectivity index (χ1n) is 11.0. The van der Waals surface area contributed by atoms with Gasteiger partial charge in [0.15, 0.2) is 5.82 Å². The predicted molar refractivity (Wildman–Crippen MR) is 126 cm³/mol. The van der Waals surface area contributed by atoms with Gasteiger partial charge >= 0.3 is 0 Å². The third-order valence-electron chi connectivity index (χ3n) is 5.92. The molecule has 0 radical (unpaired) electrons. The van der Waals surface area contributed by atoms with Crippen LogP contribution in [0.5, 0.6) is 0 Å². The lowest BCUT2D eigenvalue weighted by atomic mass is 10.0. The zero-order valence-corrected chi connectivity index (χ0v) is 18.1. The quantitative estimate of drug-likeness (QED) is 0.402. The van der Waals surface area contributed by atoms with Crippen LogP contribution in [0.1, 0.15) is 24.4 Å². The minimum absolute atomic E-state index is 0.101. The highest BCUT2D eigenvalue weighted by Gasteiger charge is 2.28. The molecule has 1 aliphatic heterocycles. The summed E-state index contributed by atoms with van der Waals surface area (Å²) in [6, 6.07) is 14.5. The maximum atomic E-state index is 13.4. The van der Waals surface area contributed by atoms with Crippen molar-refractivity contribution in [2.45, 2.75) is 18.9 Å². The van der Waals surface area contributed by atoms with Gasteiger partial charge in [-0.3, -0.25) is 15.1 Å². The fraction of sp³-hybridized carbons (Fsp3) is 0.167. The Morgan fingerprint density at radius 1 is 0.941 bits per heavy atom. The molecule has 3 aromatic heterocycles. The molecule has 34 heavy (non-hydrogen) atoms. The van der Waals surface area contributed by atoms with Crippen molar-refractivity contribution < 1.29 is 4.39 Å². The normalized spacial score (nSPS) is 15.7. The molecule has 5 aromatic rings. The number of hydrogen-bond acceptors (Lipinski definition) is 8. The maximum Gasteiger partial charge on any atom is 0.233 e. The van der Waals surface area contributed by atoms with Gasteiger partial charge in [-0.15, -0.1) is 0 Å². The van der Waals surface area contributed by atoms with Crippen molar-refractivity contribution in [2.24, 2.45) is 0 Å². The molecule has 2 aromatic carbocycles. The van der Waals surface area contributed by atoms with E-state index in [1.807, 2.05) is 36.4 Å². The Hall–Kier alpha value is -4.47. The van der Waals surface area contributed by atoms with Gasteiger partial charge in [0.05, 0.1) is 22.8 Å². The van der Waals surface area contributed by atoms with Gasteiger partial charge in [0, 0.05) is 30.6 Å². The van der Waals surface area contributed by atoms with Crippen LogP contribution in [0.4, 0.5) is 22.1 Å². The molecule has 0 amide bonds. The highest BCUT2D eigenvalue weighted by atomic mass is 19.1. The van der Waals surface area contributed by atoms with Crippen molar-refractivity contribution >= 4 is 28.7 Å². The number of H-pyrrole nitrogens is 1. The third kappa shape index (κ3) is 3.90. The summed E-state index contributed by atoms with van der Waals surface area (Å²) in [6.45, 7) is 0.822. The van der Waals surface area contributed by atoms with Crippen LogP contribution in [0.3, 0.4) is 0 Å². The fourth-order valence-corrected chi connectivity index (χ4v) is 4.30. The minimum atomic E-state index is -0.241. The molecule has 0 saturated carbocycles. The summed E-state index contributed by atoms with van der Waals surface area (Å²) in [4.78, 5) is 24.0. The smallest absolute Gasteiger partial charge is 0.233 e. The van der Waals surface area contributed by atoms with Crippen LogP contribution in [-0.4, -0.2) is 41.7 Å². The number of benzene rings is 2. The van der Waals surface area contributed by atoms with Crippen molar-refractivity contribution in [1.82, 2.24) is 35.1 Å². The second-order valence-corrected chi connectivity index (χ2v) is 8.06. The van der Waals surface area contributed by atoms with Crippen LogP contribution in [0.2, 0.25) is 0 Å². The van der Waals surface area contributed by atoms with Gasteiger partial charge in [-0.2, -0.15) is 10.1 Å². The largest absolute Gasteiger partial charge is 0.334 e. The van der Waals surface area contributed by atoms with Crippen LogP contribution < -0.4 is 10.2 Å². The molecule has 0 bridgehead atoms. The standard InChI is InChI=1S/C24H20FN9/c25-17-6-3-15(4-7-17)21-2-1-11-34(21)24-29-14-28-23(31-24)30-22-13-19(32-33-22)16-5-8-18-20(12-16)27-10-9-26-18/h3-10,12-14,21H,1-2,11H2,(H2,28,29,30,31,32,33). The van der Waals surface area contributed by atoms with E-state index in [4.69, 9.17) is 0 Å². The number of rotatable bonds is 5. The molecule has 1 saturated heterocycles. The second kappa shape index (κ2) is 8.47. The van der Waals surface area contributed by atoms with E-state index in [0.29, 0.717) is 17.7 Å². The average molecular weight is 453 g/mol. The molecule has 9 nitrogen and oxygen atoms in total. The van der Waals surface area contributed by atoms with Gasteiger partial charge in [-0.05, 0) is 42.7 Å². The van der Waals surface area contributed by atoms with Gasteiger partial charge < -0.3 is 10.2 Å². The van der Waals surface area contributed by atoms with Crippen LogP contribution in [0, 0.1) is 5.82 Å². The summed E-state index contributed by atoms with van der Waals surface area (Å²) in [6.07, 6.45) is 6.80. The Labute approximate surface area is 194 Å². The van der Waals surface area contributed by atoms with E-state index >= 15 is 0 Å². The number of nitrogens with one attached hydrogen (secondary N) is 2. The Morgan fingerprint density at radius 2 is 1.79 bits per heavy atom. The van der Waals surface area contributed by atoms with E-state index < -0.39 is 0 Å².